The van der Waals surface area contributed by atoms with Crippen LogP contribution in [0.5, 0.6) is 5.75 Å². The predicted octanol–water partition coefficient (Wildman–Crippen LogP) is 3.90. The summed E-state index contributed by atoms with van der Waals surface area (Å²) < 4.78 is 7.52. The van der Waals surface area contributed by atoms with Crippen LogP contribution in [0.3, 0.4) is 0 Å². The van der Waals surface area contributed by atoms with Gasteiger partial charge in [0, 0.05) is 22.0 Å². The maximum absolute atomic E-state index is 12.8. The summed E-state index contributed by atoms with van der Waals surface area (Å²) in [5, 5.41) is 6.00. The zero-order valence-electron chi connectivity index (χ0n) is 17.0. The molecule has 2 amide bonds. The summed E-state index contributed by atoms with van der Waals surface area (Å²) in [7, 11) is 1.62. The second kappa shape index (κ2) is 6.84. The fourth-order valence-corrected chi connectivity index (χ4v) is 5.41. The van der Waals surface area contributed by atoms with Gasteiger partial charge in [-0.1, -0.05) is 23.8 Å². The number of benzene rings is 1. The minimum atomic E-state index is -0.243. The highest BCUT2D eigenvalue weighted by molar-refractivity contribution is 6.30. The Morgan fingerprint density at radius 1 is 1.10 bits per heavy atom. The Hall–Kier alpha value is -2.86. The molecular formula is C23H22ClN3O3. The number of hydrogen-bond acceptors (Lipinski definition) is 4. The molecule has 2 aliphatic carbocycles. The number of nitrogens with zero attached hydrogens (tertiary/aromatic N) is 3. The number of aromatic nitrogens is 1. The van der Waals surface area contributed by atoms with Crippen LogP contribution in [0.1, 0.15) is 23.4 Å². The van der Waals surface area contributed by atoms with Crippen LogP contribution < -0.4 is 4.74 Å². The molecule has 6 nitrogen and oxygen atoms in total. The van der Waals surface area contributed by atoms with Gasteiger partial charge >= 0.3 is 0 Å². The lowest BCUT2D eigenvalue weighted by Gasteiger charge is -2.14. The fourth-order valence-electron chi connectivity index (χ4n) is 5.25. The molecule has 5 rings (SSSR count). The Balaban J connectivity index is 1.47. The van der Waals surface area contributed by atoms with Gasteiger partial charge in [-0.25, -0.2) is 0 Å². The van der Waals surface area contributed by atoms with Gasteiger partial charge in [-0.15, -0.1) is 0 Å². The Labute approximate surface area is 179 Å². The number of hydrazone groups is 1. The molecule has 1 aromatic carbocycles. The SMILES string of the molecule is COc1ccc(Cl)cc1-n1c(C)cc(C=NN2C(=O)C3C4C=CC(C4)C3C2=O)c1C. The first-order valence-electron chi connectivity index (χ1n) is 10.0. The monoisotopic (exact) mass is 423 g/mol. The summed E-state index contributed by atoms with van der Waals surface area (Å²) >= 11 is 6.21. The zero-order valence-corrected chi connectivity index (χ0v) is 17.8. The van der Waals surface area contributed by atoms with Crippen molar-refractivity contribution in [2.24, 2.45) is 28.8 Å². The lowest BCUT2D eigenvalue weighted by molar-refractivity contribution is -0.140. The van der Waals surface area contributed by atoms with Crippen LogP contribution >= 0.6 is 11.6 Å². The Morgan fingerprint density at radius 2 is 1.77 bits per heavy atom. The maximum atomic E-state index is 12.8. The molecule has 1 aromatic heterocycles. The molecule has 2 aromatic rings. The van der Waals surface area contributed by atoms with Crippen LogP contribution in [0.15, 0.2) is 41.5 Å². The summed E-state index contributed by atoms with van der Waals surface area (Å²) in [4.78, 5) is 25.7. The third kappa shape index (κ3) is 2.67. The number of halogens is 1. The van der Waals surface area contributed by atoms with E-state index in [-0.39, 0.29) is 35.5 Å². The molecule has 0 radical (unpaired) electrons. The molecule has 154 valence electrons. The summed E-state index contributed by atoms with van der Waals surface area (Å²) in [6, 6.07) is 7.42. The molecule has 2 heterocycles. The maximum Gasteiger partial charge on any atom is 0.254 e. The van der Waals surface area contributed by atoms with Gasteiger partial charge in [0.15, 0.2) is 0 Å². The van der Waals surface area contributed by atoms with Gasteiger partial charge in [-0.05, 0) is 56.4 Å². The molecule has 1 aliphatic heterocycles. The number of carbonyl (C=O) groups excluding carboxylic acids is 2. The Bertz CT molecular complexity index is 1100. The summed E-state index contributed by atoms with van der Waals surface area (Å²) in [5.41, 5.74) is 3.53. The van der Waals surface area contributed by atoms with Crippen molar-refractivity contribution in [2.75, 3.05) is 7.11 Å². The molecule has 3 aliphatic rings. The van der Waals surface area contributed by atoms with E-state index in [1.807, 2.05) is 36.6 Å². The number of allylic oxidation sites excluding steroid dienone is 2. The molecular weight excluding hydrogens is 402 g/mol. The van der Waals surface area contributed by atoms with E-state index in [0.29, 0.717) is 10.8 Å². The number of amides is 2. The third-order valence-corrected chi connectivity index (χ3v) is 6.85. The number of hydrogen-bond donors (Lipinski definition) is 0. The van der Waals surface area contributed by atoms with Crippen molar-refractivity contribution in [1.29, 1.82) is 0 Å². The quantitative estimate of drug-likeness (QED) is 0.425. The van der Waals surface area contributed by atoms with E-state index in [2.05, 4.69) is 17.3 Å². The lowest BCUT2D eigenvalue weighted by atomic mass is 9.85. The summed E-state index contributed by atoms with van der Waals surface area (Å²) in [6.07, 6.45) is 6.67. The van der Waals surface area contributed by atoms with Crippen molar-refractivity contribution in [2.45, 2.75) is 20.3 Å². The number of aryl methyl sites for hydroxylation is 1. The van der Waals surface area contributed by atoms with Gasteiger partial charge in [-0.2, -0.15) is 10.1 Å². The average Bonchev–Trinajstić information content (AvgIpc) is 3.45. The van der Waals surface area contributed by atoms with Crippen molar-refractivity contribution >= 4 is 29.6 Å². The van der Waals surface area contributed by atoms with E-state index in [1.54, 1.807) is 19.4 Å². The van der Waals surface area contributed by atoms with E-state index in [1.165, 1.54) is 0 Å². The molecule has 0 spiro atoms. The number of ether oxygens (including phenoxy) is 1. The van der Waals surface area contributed by atoms with Gasteiger partial charge in [0.2, 0.25) is 0 Å². The van der Waals surface area contributed by atoms with Crippen LogP contribution in [0, 0.1) is 37.5 Å². The van der Waals surface area contributed by atoms with Gasteiger partial charge in [0.1, 0.15) is 5.75 Å². The van der Waals surface area contributed by atoms with Crippen molar-refractivity contribution in [3.05, 3.63) is 58.4 Å². The van der Waals surface area contributed by atoms with Crippen LogP contribution in [-0.2, 0) is 9.59 Å². The zero-order chi connectivity index (χ0) is 21.2. The number of rotatable bonds is 4. The van der Waals surface area contributed by atoms with E-state index in [0.717, 1.165) is 34.1 Å². The number of fused-ring (bicyclic) bond motifs is 5. The van der Waals surface area contributed by atoms with E-state index >= 15 is 0 Å². The molecule has 4 unspecified atom stereocenters. The molecule has 2 bridgehead atoms. The van der Waals surface area contributed by atoms with Gasteiger partial charge in [0.05, 0.1) is 30.8 Å². The third-order valence-electron chi connectivity index (χ3n) is 6.61. The van der Waals surface area contributed by atoms with Gasteiger partial charge < -0.3 is 9.30 Å². The molecule has 1 saturated heterocycles. The highest BCUT2D eigenvalue weighted by Crippen LogP contribution is 2.52. The summed E-state index contributed by atoms with van der Waals surface area (Å²) in [5.74, 6) is 0.215. The normalized spacial score (nSPS) is 27.0. The number of imide groups is 1. The molecule has 0 N–H and O–H groups in total. The Kier molecular flexibility index (Phi) is 4.36. The first-order valence-corrected chi connectivity index (χ1v) is 10.4. The van der Waals surface area contributed by atoms with Crippen LogP contribution in [-0.4, -0.2) is 34.7 Å². The molecule has 1 saturated carbocycles. The standard InChI is InChI=1S/C23H22ClN3O3/c1-12-8-16(13(2)26(12)18-10-17(24)6-7-19(18)30-3)11-25-27-22(28)20-14-4-5-15(9-14)21(20)23(27)29/h4-8,10-11,14-15,20-21H,9H2,1-3H3. The first-order chi connectivity index (χ1) is 14.4. The van der Waals surface area contributed by atoms with Crippen LogP contribution in [0.4, 0.5) is 0 Å². The van der Waals surface area contributed by atoms with Crippen molar-refractivity contribution < 1.29 is 14.3 Å². The predicted molar refractivity (Wildman–Crippen MR) is 114 cm³/mol. The highest BCUT2D eigenvalue weighted by Gasteiger charge is 2.59. The molecule has 4 atom stereocenters. The Morgan fingerprint density at radius 3 is 2.40 bits per heavy atom. The smallest absolute Gasteiger partial charge is 0.254 e. The van der Waals surface area contributed by atoms with Gasteiger partial charge in [-0.3, -0.25) is 9.59 Å². The second-order valence-corrected chi connectivity index (χ2v) is 8.65. The van der Waals surface area contributed by atoms with E-state index < -0.39 is 0 Å². The average molecular weight is 424 g/mol. The number of methoxy groups -OCH3 is 1. The van der Waals surface area contributed by atoms with Crippen LogP contribution in [0.25, 0.3) is 5.69 Å². The molecule has 2 fully saturated rings. The van der Waals surface area contributed by atoms with Crippen molar-refractivity contribution in [3.8, 4) is 11.4 Å². The molecule has 7 heteroatoms. The fraction of sp³-hybridized carbons (Fsp3) is 0.348. The topological polar surface area (TPSA) is 63.9 Å². The van der Waals surface area contributed by atoms with Crippen molar-refractivity contribution in [1.82, 2.24) is 9.58 Å². The number of carbonyl (C=O) groups is 2. The van der Waals surface area contributed by atoms with E-state index in [4.69, 9.17) is 16.3 Å². The first kappa shape index (κ1) is 19.1. The lowest BCUT2D eigenvalue weighted by Crippen LogP contribution is -2.28. The van der Waals surface area contributed by atoms with Crippen molar-refractivity contribution in [3.63, 3.8) is 0 Å². The van der Waals surface area contributed by atoms with Crippen LogP contribution in [0.2, 0.25) is 5.02 Å². The summed E-state index contributed by atoms with van der Waals surface area (Å²) in [6.45, 7) is 3.94. The minimum Gasteiger partial charge on any atom is -0.495 e. The van der Waals surface area contributed by atoms with Gasteiger partial charge in [0.25, 0.3) is 11.8 Å². The van der Waals surface area contributed by atoms with E-state index in [9.17, 15) is 9.59 Å². The minimum absolute atomic E-state index is 0.177. The highest BCUT2D eigenvalue weighted by atomic mass is 35.5. The largest absolute Gasteiger partial charge is 0.495 e. The molecule has 30 heavy (non-hydrogen) atoms. The second-order valence-electron chi connectivity index (χ2n) is 8.21.